The van der Waals surface area contributed by atoms with Crippen LogP contribution < -0.4 is 14.2 Å². The molecule has 0 aliphatic carbocycles. The van der Waals surface area contributed by atoms with E-state index >= 15 is 0 Å². The number of carboxylic acids is 1. The van der Waals surface area contributed by atoms with Gasteiger partial charge in [0, 0.05) is 61.9 Å². The Morgan fingerprint density at radius 3 is 2.40 bits per heavy atom. The standard InChI is InChI=1S/C34H36F3N3O8/c1-46-26-5-3-4-23(16-26)19-39-20-28(27-9-8-24(40(44)45)18-29(27)39)33(43,34(35,36)37)21-38-14-12-25(13-15-38)48-30-10-6-22(7-11-32(41)42)17-31(30)47-2/h3-6,8-10,16-18,20,25,43H,7,11-15,19,21H2,1-2H3,(H,41,42). The van der Waals surface area contributed by atoms with Crippen molar-refractivity contribution in [2.24, 2.45) is 0 Å². The summed E-state index contributed by atoms with van der Waals surface area (Å²) in [7, 11) is 2.96. The zero-order valence-corrected chi connectivity index (χ0v) is 26.4. The molecule has 0 spiro atoms. The number of benzene rings is 3. The Labute approximate surface area is 274 Å². The van der Waals surface area contributed by atoms with Gasteiger partial charge in [0.2, 0.25) is 5.60 Å². The number of non-ortho nitro benzene ring substituents is 1. The van der Waals surface area contributed by atoms with Crippen LogP contribution in [0.1, 0.15) is 36.0 Å². The van der Waals surface area contributed by atoms with Crippen molar-refractivity contribution >= 4 is 22.6 Å². The van der Waals surface area contributed by atoms with Gasteiger partial charge in [0.05, 0.1) is 24.7 Å². The molecule has 1 aromatic heterocycles. The van der Waals surface area contributed by atoms with Crippen LogP contribution in [-0.4, -0.2) is 76.7 Å². The van der Waals surface area contributed by atoms with Crippen LogP contribution in [0.2, 0.25) is 0 Å². The maximum Gasteiger partial charge on any atom is 0.422 e. The number of hydrogen-bond acceptors (Lipinski definition) is 8. The van der Waals surface area contributed by atoms with Gasteiger partial charge < -0.3 is 29.0 Å². The van der Waals surface area contributed by atoms with Gasteiger partial charge in [-0.1, -0.05) is 18.2 Å². The summed E-state index contributed by atoms with van der Waals surface area (Å²) in [6.45, 7) is -0.262. The zero-order valence-electron chi connectivity index (χ0n) is 26.4. The minimum atomic E-state index is -5.08. The number of nitro groups is 1. The number of hydrogen-bond donors (Lipinski definition) is 2. The number of aliphatic carboxylic acids is 1. The number of aromatic nitrogens is 1. The van der Waals surface area contributed by atoms with Crippen LogP contribution in [0.4, 0.5) is 18.9 Å². The van der Waals surface area contributed by atoms with E-state index in [1.165, 1.54) is 42.0 Å². The molecule has 14 heteroatoms. The Balaban J connectivity index is 1.37. The predicted molar refractivity (Wildman–Crippen MR) is 170 cm³/mol. The number of likely N-dealkylation sites (tertiary alicyclic amines) is 1. The van der Waals surface area contributed by atoms with Crippen molar-refractivity contribution in [3.05, 3.63) is 93.7 Å². The highest BCUT2D eigenvalue weighted by atomic mass is 19.4. The smallest absolute Gasteiger partial charge is 0.422 e. The summed E-state index contributed by atoms with van der Waals surface area (Å²) in [6.07, 6.45) is -3.14. The molecule has 256 valence electrons. The number of aliphatic hydroxyl groups is 1. The maximum absolute atomic E-state index is 14.9. The molecule has 48 heavy (non-hydrogen) atoms. The number of fused-ring (bicyclic) bond motifs is 1. The minimum Gasteiger partial charge on any atom is -0.497 e. The van der Waals surface area contributed by atoms with E-state index in [-0.39, 0.29) is 48.7 Å². The van der Waals surface area contributed by atoms with Crippen molar-refractivity contribution in [3.8, 4) is 17.2 Å². The first-order chi connectivity index (χ1) is 22.8. The van der Waals surface area contributed by atoms with Gasteiger partial charge >= 0.3 is 12.1 Å². The van der Waals surface area contributed by atoms with Crippen LogP contribution in [0.5, 0.6) is 17.2 Å². The van der Waals surface area contributed by atoms with Crippen molar-refractivity contribution in [1.82, 2.24) is 9.47 Å². The topological polar surface area (TPSA) is 137 Å². The molecule has 0 amide bonds. The lowest BCUT2D eigenvalue weighted by atomic mass is 9.91. The maximum atomic E-state index is 14.9. The van der Waals surface area contributed by atoms with Crippen molar-refractivity contribution in [1.29, 1.82) is 0 Å². The Kier molecular flexibility index (Phi) is 10.2. The highest BCUT2D eigenvalue weighted by Crippen LogP contribution is 2.44. The average Bonchev–Trinajstić information content (AvgIpc) is 3.42. The van der Waals surface area contributed by atoms with Gasteiger partial charge in [-0.25, -0.2) is 0 Å². The third-order valence-corrected chi connectivity index (χ3v) is 8.61. The second-order valence-electron chi connectivity index (χ2n) is 11.8. The second-order valence-corrected chi connectivity index (χ2v) is 11.8. The SMILES string of the molecule is COc1cccc(Cn2cc(C(O)(CN3CCC(Oc4ccc(CCC(=O)O)cc4OC)CC3)C(F)(F)F)c3ccc([N+](=O)[O-])cc32)c1. The number of ether oxygens (including phenoxy) is 3. The fourth-order valence-electron chi connectivity index (χ4n) is 6.05. The fourth-order valence-corrected chi connectivity index (χ4v) is 6.05. The average molecular weight is 672 g/mol. The normalized spacial score (nSPS) is 15.6. The lowest BCUT2D eigenvalue weighted by Gasteiger charge is -2.39. The highest BCUT2D eigenvalue weighted by molar-refractivity contribution is 5.87. The summed E-state index contributed by atoms with van der Waals surface area (Å²) in [6, 6.07) is 15.7. The third-order valence-electron chi connectivity index (χ3n) is 8.61. The number of piperidine rings is 1. The predicted octanol–water partition coefficient (Wildman–Crippen LogP) is 5.93. The van der Waals surface area contributed by atoms with Gasteiger partial charge in [-0.2, -0.15) is 13.2 Å². The highest BCUT2D eigenvalue weighted by Gasteiger charge is 2.57. The first-order valence-corrected chi connectivity index (χ1v) is 15.3. The molecular weight excluding hydrogens is 635 g/mol. The van der Waals surface area contributed by atoms with E-state index in [2.05, 4.69) is 0 Å². The summed E-state index contributed by atoms with van der Waals surface area (Å²) < 4.78 is 63.0. The summed E-state index contributed by atoms with van der Waals surface area (Å²) in [4.78, 5) is 23.4. The molecule has 0 radical (unpaired) electrons. The molecule has 2 N–H and O–H groups in total. The van der Waals surface area contributed by atoms with Crippen molar-refractivity contribution in [2.45, 2.75) is 50.1 Å². The molecule has 5 rings (SSSR count). The molecule has 1 aliphatic heterocycles. The molecule has 1 atom stereocenters. The Hall–Kier alpha value is -4.82. The lowest BCUT2D eigenvalue weighted by Crippen LogP contribution is -2.53. The summed E-state index contributed by atoms with van der Waals surface area (Å²) >= 11 is 0. The van der Waals surface area contributed by atoms with Crippen LogP contribution >= 0.6 is 0 Å². The Bertz CT molecular complexity index is 1790. The van der Waals surface area contributed by atoms with E-state index in [0.717, 1.165) is 11.6 Å². The Morgan fingerprint density at radius 1 is 1.00 bits per heavy atom. The van der Waals surface area contributed by atoms with Crippen molar-refractivity contribution < 1.29 is 47.3 Å². The number of halogens is 3. The van der Waals surface area contributed by atoms with Gasteiger partial charge in [-0.15, -0.1) is 0 Å². The number of methoxy groups -OCH3 is 2. The van der Waals surface area contributed by atoms with Gasteiger partial charge in [-0.05, 0) is 60.7 Å². The monoisotopic (exact) mass is 671 g/mol. The van der Waals surface area contributed by atoms with Crippen LogP contribution in [0.3, 0.4) is 0 Å². The van der Waals surface area contributed by atoms with E-state index in [0.29, 0.717) is 42.1 Å². The molecule has 3 aromatic carbocycles. The molecule has 4 aromatic rings. The molecule has 1 saturated heterocycles. The van der Waals surface area contributed by atoms with E-state index in [9.17, 15) is 33.2 Å². The van der Waals surface area contributed by atoms with Crippen LogP contribution in [0.15, 0.2) is 66.9 Å². The summed E-state index contributed by atoms with van der Waals surface area (Å²) in [5.41, 5.74) is -2.34. The molecule has 1 aliphatic rings. The van der Waals surface area contributed by atoms with Gasteiger partial charge in [0.15, 0.2) is 11.5 Å². The summed E-state index contributed by atoms with van der Waals surface area (Å²) in [5.74, 6) is 0.499. The number of carboxylic acid groups (broad SMARTS) is 1. The molecule has 11 nitrogen and oxygen atoms in total. The zero-order chi connectivity index (χ0) is 34.6. The van der Waals surface area contributed by atoms with Crippen molar-refractivity contribution in [3.63, 3.8) is 0 Å². The number of nitro benzene ring substituents is 1. The fraction of sp³-hybridized carbons (Fsp3) is 0.382. The van der Waals surface area contributed by atoms with Gasteiger partial charge in [0.25, 0.3) is 5.69 Å². The number of alkyl halides is 3. The van der Waals surface area contributed by atoms with E-state index in [1.54, 1.807) is 42.5 Å². The quantitative estimate of drug-likeness (QED) is 0.131. The van der Waals surface area contributed by atoms with Crippen LogP contribution in [0.25, 0.3) is 10.9 Å². The van der Waals surface area contributed by atoms with Gasteiger partial charge in [-0.3, -0.25) is 19.8 Å². The molecular formula is C34H36F3N3O8. The lowest BCUT2D eigenvalue weighted by molar-refractivity contribution is -0.384. The molecule has 0 saturated carbocycles. The number of rotatable bonds is 13. The second kappa shape index (κ2) is 14.1. The minimum absolute atomic E-state index is 0.0330. The van der Waals surface area contributed by atoms with Crippen LogP contribution in [0, 0.1) is 10.1 Å². The first kappa shape index (κ1) is 34.5. The number of aryl methyl sites for hydroxylation is 1. The van der Waals surface area contributed by atoms with Crippen molar-refractivity contribution in [2.75, 3.05) is 33.9 Å². The molecule has 1 unspecified atom stereocenters. The molecule has 1 fully saturated rings. The third kappa shape index (κ3) is 7.50. The molecule has 2 heterocycles. The number of β-amino-alcohol motifs (C(OH)–C–C–N with tert-alkyl or cyclic N) is 1. The number of nitrogens with zero attached hydrogens (tertiary/aromatic N) is 3. The van der Waals surface area contributed by atoms with Crippen LogP contribution in [-0.2, 0) is 23.4 Å². The largest absolute Gasteiger partial charge is 0.497 e. The van der Waals surface area contributed by atoms with E-state index in [4.69, 9.17) is 19.3 Å². The van der Waals surface area contributed by atoms with Gasteiger partial charge in [0.1, 0.15) is 11.9 Å². The molecule has 0 bridgehead atoms. The van der Waals surface area contributed by atoms with E-state index < -0.39 is 34.8 Å². The summed E-state index contributed by atoms with van der Waals surface area (Å²) in [5, 5.41) is 32.1. The first-order valence-electron chi connectivity index (χ1n) is 15.3. The van der Waals surface area contributed by atoms with E-state index in [1.807, 2.05) is 0 Å². The Morgan fingerprint density at radius 2 is 1.75 bits per heavy atom. The number of carbonyl (C=O) groups is 1.